The van der Waals surface area contributed by atoms with Crippen molar-refractivity contribution in [1.29, 1.82) is 0 Å². The van der Waals surface area contributed by atoms with Gasteiger partial charge in [-0.3, -0.25) is 9.92 Å². The van der Waals surface area contributed by atoms with Gasteiger partial charge in [0.2, 0.25) is 4.39 Å². The molecule has 1 atom stereocenters. The van der Waals surface area contributed by atoms with Gasteiger partial charge in [-0.15, -0.1) is 12.6 Å². The molecule has 4 heteroatoms. The Morgan fingerprint density at radius 3 is 2.20 bits per heavy atom. The number of nitrogens with two attached hydrogens (primary N) is 1. The molecule has 1 saturated heterocycles. The van der Waals surface area contributed by atoms with Crippen molar-refractivity contribution in [3.05, 3.63) is 0 Å². The SMILES string of the molecule is NC1(S)OS1. The second-order valence-corrected chi connectivity index (χ2v) is 2.70. The van der Waals surface area contributed by atoms with Crippen LogP contribution >= 0.6 is 24.7 Å². The molecule has 1 heterocycles. The zero-order valence-corrected chi connectivity index (χ0v) is 4.05. The Balaban J connectivity index is 2.38. The van der Waals surface area contributed by atoms with Crippen LogP contribution in [0.3, 0.4) is 0 Å². The molecule has 1 aliphatic rings. The Labute approximate surface area is 39.7 Å². The summed E-state index contributed by atoms with van der Waals surface area (Å²) in [7, 11) is 0. The molecular weight excluding hydrogens is 106 g/mol. The van der Waals surface area contributed by atoms with Crippen molar-refractivity contribution >= 4 is 24.7 Å². The minimum atomic E-state index is -0.639. The first-order valence-electron chi connectivity index (χ1n) is 1.09. The van der Waals surface area contributed by atoms with E-state index < -0.39 is 4.39 Å². The van der Waals surface area contributed by atoms with Gasteiger partial charge in [-0.25, -0.2) is 0 Å². The molecule has 1 rings (SSSR count). The van der Waals surface area contributed by atoms with Gasteiger partial charge in [0.25, 0.3) is 0 Å². The normalized spacial score (nSPS) is 49.2. The van der Waals surface area contributed by atoms with E-state index in [0.717, 1.165) is 0 Å². The molecule has 0 aliphatic carbocycles. The first kappa shape index (κ1) is 3.80. The summed E-state index contributed by atoms with van der Waals surface area (Å²) in [6, 6.07) is 0. The number of thiol groups is 1. The lowest BCUT2D eigenvalue weighted by molar-refractivity contribution is 0.440. The third-order valence-corrected chi connectivity index (χ3v) is 1.21. The lowest BCUT2D eigenvalue weighted by Gasteiger charge is -1.78. The van der Waals surface area contributed by atoms with Crippen LogP contribution < -0.4 is 5.73 Å². The third kappa shape index (κ3) is 1.00. The molecule has 0 amide bonds. The average Bonchev–Trinajstić information content (AvgIpc) is 1.76. The van der Waals surface area contributed by atoms with Crippen molar-refractivity contribution in [2.75, 3.05) is 0 Å². The lowest BCUT2D eigenvalue weighted by atomic mass is 11.3. The van der Waals surface area contributed by atoms with Crippen molar-refractivity contribution in [1.82, 2.24) is 0 Å². The maximum Gasteiger partial charge on any atom is 0.248 e. The molecule has 0 spiro atoms. The summed E-state index contributed by atoms with van der Waals surface area (Å²) in [4.78, 5) is 0. The quantitative estimate of drug-likeness (QED) is 0.201. The monoisotopic (exact) mass is 109 g/mol. The van der Waals surface area contributed by atoms with Gasteiger partial charge in [-0.1, -0.05) is 0 Å². The van der Waals surface area contributed by atoms with Gasteiger partial charge >= 0.3 is 0 Å². The second-order valence-electron chi connectivity index (χ2n) is 0.797. The molecule has 30 valence electrons. The van der Waals surface area contributed by atoms with Gasteiger partial charge < -0.3 is 0 Å². The van der Waals surface area contributed by atoms with E-state index in [1.165, 1.54) is 12.0 Å². The number of hydrogen-bond donors (Lipinski definition) is 2. The van der Waals surface area contributed by atoms with Crippen molar-refractivity contribution < 1.29 is 4.18 Å². The fourth-order valence-electron chi connectivity index (χ4n) is 0.0427. The highest BCUT2D eigenvalue weighted by molar-refractivity contribution is 8.14. The molecule has 0 saturated carbocycles. The molecule has 0 aromatic rings. The fraction of sp³-hybridized carbons (Fsp3) is 1.00. The molecule has 2 N–H and O–H groups in total. The van der Waals surface area contributed by atoms with Crippen LogP contribution in [0, 0.1) is 0 Å². The minimum Gasteiger partial charge on any atom is -0.283 e. The number of hydrogen-bond acceptors (Lipinski definition) is 4. The Bertz CT molecular complexity index is 47.6. The highest BCUT2D eigenvalue weighted by atomic mass is 32.2. The van der Waals surface area contributed by atoms with Crippen LogP contribution in [0.5, 0.6) is 0 Å². The molecule has 0 radical (unpaired) electrons. The molecule has 0 aromatic heterocycles. The fourth-order valence-corrected chi connectivity index (χ4v) is 0.240. The van der Waals surface area contributed by atoms with E-state index >= 15 is 0 Å². The number of rotatable bonds is 0. The highest BCUT2D eigenvalue weighted by Gasteiger charge is 2.38. The summed E-state index contributed by atoms with van der Waals surface area (Å²) in [5.74, 6) is 0. The van der Waals surface area contributed by atoms with Crippen LogP contribution in [0.1, 0.15) is 0 Å². The van der Waals surface area contributed by atoms with E-state index in [9.17, 15) is 0 Å². The summed E-state index contributed by atoms with van der Waals surface area (Å²) in [5.41, 5.74) is 5.07. The second kappa shape index (κ2) is 0.815. The molecule has 1 aliphatic heterocycles. The molecule has 5 heavy (non-hydrogen) atoms. The van der Waals surface area contributed by atoms with E-state index in [1.807, 2.05) is 0 Å². The predicted molar refractivity (Wildman–Crippen MR) is 24.6 cm³/mol. The molecule has 1 unspecified atom stereocenters. The Hall–Kier alpha value is 0.620. The van der Waals surface area contributed by atoms with Crippen molar-refractivity contribution in [3.8, 4) is 0 Å². The molecule has 0 aromatic carbocycles. The molecule has 1 fully saturated rings. The summed E-state index contributed by atoms with van der Waals surface area (Å²) < 4.78 is 3.82. The Morgan fingerprint density at radius 2 is 2.20 bits per heavy atom. The third-order valence-electron chi connectivity index (χ3n) is 0.254. The zero-order chi connectivity index (χ0) is 3.91. The van der Waals surface area contributed by atoms with Crippen molar-refractivity contribution in [3.63, 3.8) is 0 Å². The minimum absolute atomic E-state index is 0.639. The Morgan fingerprint density at radius 1 is 2.00 bits per heavy atom. The van der Waals surface area contributed by atoms with E-state index in [1.54, 1.807) is 0 Å². The topological polar surface area (TPSA) is 38.5 Å². The smallest absolute Gasteiger partial charge is 0.248 e. The van der Waals surface area contributed by atoms with Crippen molar-refractivity contribution in [2.45, 2.75) is 4.39 Å². The maximum atomic E-state index is 5.07. The van der Waals surface area contributed by atoms with Crippen LogP contribution in [0.4, 0.5) is 0 Å². The first-order valence-corrected chi connectivity index (χ1v) is 2.28. The van der Waals surface area contributed by atoms with Gasteiger partial charge in [0.15, 0.2) is 0 Å². The van der Waals surface area contributed by atoms with Crippen molar-refractivity contribution in [2.24, 2.45) is 5.73 Å². The molecular formula is CH3NOS2. The first-order chi connectivity index (χ1) is 2.21. The molecule has 0 bridgehead atoms. The molecule has 2 nitrogen and oxygen atoms in total. The summed E-state index contributed by atoms with van der Waals surface area (Å²) >= 11 is 4.92. The average molecular weight is 109 g/mol. The summed E-state index contributed by atoms with van der Waals surface area (Å²) in [5, 5.41) is 0. The largest absolute Gasteiger partial charge is 0.283 e. The van der Waals surface area contributed by atoms with Crippen LogP contribution in [-0.2, 0) is 4.18 Å². The van der Waals surface area contributed by atoms with E-state index in [-0.39, 0.29) is 0 Å². The van der Waals surface area contributed by atoms with Crippen LogP contribution in [0.15, 0.2) is 0 Å². The summed E-state index contributed by atoms with van der Waals surface area (Å²) in [6.07, 6.45) is 0. The standard InChI is InChI=1S/CH3NOS2/c2-1(4)3-5-1/h4H,2H2. The predicted octanol–water partition coefficient (Wildman–Crippen LogP) is 0.165. The lowest BCUT2D eigenvalue weighted by Crippen LogP contribution is -2.10. The van der Waals surface area contributed by atoms with E-state index in [4.69, 9.17) is 5.73 Å². The van der Waals surface area contributed by atoms with Gasteiger partial charge in [0, 0.05) is 0 Å². The van der Waals surface area contributed by atoms with Gasteiger partial charge in [0.1, 0.15) is 0 Å². The van der Waals surface area contributed by atoms with Crippen LogP contribution in [-0.4, -0.2) is 4.39 Å². The van der Waals surface area contributed by atoms with Crippen LogP contribution in [0.2, 0.25) is 0 Å². The van der Waals surface area contributed by atoms with E-state index in [2.05, 4.69) is 16.8 Å². The Kier molecular flexibility index (Phi) is 0.619. The highest BCUT2D eigenvalue weighted by Crippen LogP contribution is 2.44. The van der Waals surface area contributed by atoms with Crippen LogP contribution in [0.25, 0.3) is 0 Å². The summed E-state index contributed by atoms with van der Waals surface area (Å²) in [6.45, 7) is 0. The maximum absolute atomic E-state index is 5.07. The van der Waals surface area contributed by atoms with Gasteiger partial charge in [-0.2, -0.15) is 0 Å². The zero-order valence-electron chi connectivity index (χ0n) is 2.34. The van der Waals surface area contributed by atoms with E-state index in [0.29, 0.717) is 0 Å². The van der Waals surface area contributed by atoms with Gasteiger partial charge in [0.05, 0.1) is 12.0 Å². The van der Waals surface area contributed by atoms with Gasteiger partial charge in [-0.05, 0) is 0 Å².